The molecule has 0 aliphatic rings. The van der Waals surface area contributed by atoms with Crippen LogP contribution in [-0.4, -0.2) is 38.6 Å². The number of carbonyl (C=O) groups excluding carboxylic acids is 1. The fourth-order valence-corrected chi connectivity index (χ4v) is 0.716. The number of hydrogen-bond acceptors (Lipinski definition) is 5. The average Bonchev–Trinajstić information content (AvgIpc) is 2.05. The Morgan fingerprint density at radius 1 is 1.54 bits per heavy atom. The molecule has 0 aromatic rings. The minimum Gasteiger partial charge on any atom is -0.461 e. The van der Waals surface area contributed by atoms with E-state index in [9.17, 15) is 4.79 Å². The van der Waals surface area contributed by atoms with Crippen molar-refractivity contribution in [2.75, 3.05) is 27.7 Å². The third kappa shape index (κ3) is 4.37. The molecule has 2 N–H and O–H groups in total. The number of hydrazine groups is 1. The van der Waals surface area contributed by atoms with Crippen molar-refractivity contribution in [1.29, 1.82) is 0 Å². The van der Waals surface area contributed by atoms with Crippen LogP contribution >= 0.6 is 0 Å². The normalized spacial score (nSPS) is 10.9. The second-order valence-corrected chi connectivity index (χ2v) is 2.54. The molecule has 0 aliphatic heterocycles. The first-order valence-corrected chi connectivity index (χ1v) is 4.10. The van der Waals surface area contributed by atoms with Crippen molar-refractivity contribution in [3.63, 3.8) is 0 Å². The molecular formula is C8H17N3O2. The lowest BCUT2D eigenvalue weighted by atomic mass is 10.4. The highest BCUT2D eigenvalue weighted by Gasteiger charge is 2.11. The van der Waals surface area contributed by atoms with Gasteiger partial charge in [0.1, 0.15) is 5.70 Å². The van der Waals surface area contributed by atoms with Crippen molar-refractivity contribution in [2.24, 2.45) is 0 Å². The Morgan fingerprint density at radius 3 is 2.54 bits per heavy atom. The molecule has 5 heteroatoms. The summed E-state index contributed by atoms with van der Waals surface area (Å²) in [5.74, 6) is -0.338. The van der Waals surface area contributed by atoms with E-state index in [0.29, 0.717) is 12.3 Å². The number of esters is 1. The summed E-state index contributed by atoms with van der Waals surface area (Å²) in [6, 6.07) is 0. The van der Waals surface area contributed by atoms with Crippen LogP contribution in [0.2, 0.25) is 0 Å². The highest BCUT2D eigenvalue weighted by Crippen LogP contribution is 1.99. The van der Waals surface area contributed by atoms with Crippen LogP contribution in [0.15, 0.2) is 11.9 Å². The van der Waals surface area contributed by atoms with Crippen LogP contribution in [0.4, 0.5) is 0 Å². The molecule has 0 aliphatic carbocycles. The van der Waals surface area contributed by atoms with Gasteiger partial charge in [0.05, 0.1) is 6.61 Å². The predicted octanol–water partition coefficient (Wildman–Crippen LogP) is -0.323. The third-order valence-electron chi connectivity index (χ3n) is 1.32. The average molecular weight is 187 g/mol. The van der Waals surface area contributed by atoms with Gasteiger partial charge in [-0.05, 0) is 6.92 Å². The van der Waals surface area contributed by atoms with Gasteiger partial charge in [0.2, 0.25) is 0 Å². The van der Waals surface area contributed by atoms with Crippen LogP contribution in [0.5, 0.6) is 0 Å². The molecule has 13 heavy (non-hydrogen) atoms. The zero-order valence-corrected chi connectivity index (χ0v) is 8.55. The topological polar surface area (TPSA) is 53.6 Å². The largest absolute Gasteiger partial charge is 0.461 e. The number of ether oxygens (including phenoxy) is 1. The highest BCUT2D eigenvalue weighted by atomic mass is 16.5. The van der Waals surface area contributed by atoms with E-state index >= 15 is 0 Å². The summed E-state index contributed by atoms with van der Waals surface area (Å²) in [5, 5.41) is 0. The second-order valence-electron chi connectivity index (χ2n) is 2.54. The fourth-order valence-electron chi connectivity index (χ4n) is 0.716. The summed E-state index contributed by atoms with van der Waals surface area (Å²) in [7, 11) is 5.27. The number of nitrogens with one attached hydrogen (secondary N) is 2. The lowest BCUT2D eigenvalue weighted by Crippen LogP contribution is -2.28. The van der Waals surface area contributed by atoms with Gasteiger partial charge in [0.15, 0.2) is 0 Å². The molecular weight excluding hydrogens is 170 g/mol. The van der Waals surface area contributed by atoms with E-state index in [1.54, 1.807) is 39.2 Å². The molecule has 0 aromatic carbocycles. The minimum absolute atomic E-state index is 0.338. The number of rotatable bonds is 5. The Kier molecular flexibility index (Phi) is 5.71. The van der Waals surface area contributed by atoms with E-state index in [2.05, 4.69) is 10.9 Å². The van der Waals surface area contributed by atoms with Crippen molar-refractivity contribution >= 4 is 5.97 Å². The summed E-state index contributed by atoms with van der Waals surface area (Å²) >= 11 is 0. The van der Waals surface area contributed by atoms with Crippen LogP contribution in [0.25, 0.3) is 0 Å². The van der Waals surface area contributed by atoms with Crippen LogP contribution in [0, 0.1) is 0 Å². The van der Waals surface area contributed by atoms with Crippen molar-refractivity contribution in [2.45, 2.75) is 6.92 Å². The van der Waals surface area contributed by atoms with Gasteiger partial charge in [-0.3, -0.25) is 0 Å². The molecule has 0 saturated carbocycles. The van der Waals surface area contributed by atoms with Gasteiger partial charge in [-0.2, -0.15) is 0 Å². The van der Waals surface area contributed by atoms with E-state index in [-0.39, 0.29) is 5.97 Å². The number of hydrogen-bond donors (Lipinski definition) is 2. The maximum absolute atomic E-state index is 11.3. The number of likely N-dealkylation sites (N-methyl/N-ethyl adjacent to an activating group) is 1. The molecule has 0 bridgehead atoms. The second kappa shape index (κ2) is 6.30. The van der Waals surface area contributed by atoms with Gasteiger partial charge < -0.3 is 15.1 Å². The van der Waals surface area contributed by atoms with Gasteiger partial charge >= 0.3 is 5.97 Å². The Morgan fingerprint density at radius 2 is 2.15 bits per heavy atom. The van der Waals surface area contributed by atoms with Gasteiger partial charge in [-0.15, -0.1) is 0 Å². The zero-order chi connectivity index (χ0) is 10.3. The summed E-state index contributed by atoms with van der Waals surface area (Å²) in [4.78, 5) is 13.0. The summed E-state index contributed by atoms with van der Waals surface area (Å²) < 4.78 is 4.85. The molecule has 0 radical (unpaired) electrons. The molecule has 0 unspecified atom stereocenters. The van der Waals surface area contributed by atoms with E-state index in [0.717, 1.165) is 0 Å². The Labute approximate surface area is 78.7 Å². The van der Waals surface area contributed by atoms with Crippen molar-refractivity contribution < 1.29 is 9.53 Å². The van der Waals surface area contributed by atoms with Crippen LogP contribution in [-0.2, 0) is 9.53 Å². The maximum Gasteiger partial charge on any atom is 0.356 e. The lowest BCUT2D eigenvalue weighted by molar-refractivity contribution is -0.140. The van der Waals surface area contributed by atoms with Gasteiger partial charge in [0.25, 0.3) is 0 Å². The third-order valence-corrected chi connectivity index (χ3v) is 1.32. The first kappa shape index (κ1) is 11.8. The summed E-state index contributed by atoms with van der Waals surface area (Å²) in [6.07, 6.45) is 1.55. The van der Waals surface area contributed by atoms with E-state index in [1.165, 1.54) is 0 Å². The fraction of sp³-hybridized carbons (Fsp3) is 0.625. The lowest BCUT2D eigenvalue weighted by Gasteiger charge is -2.15. The van der Waals surface area contributed by atoms with E-state index in [4.69, 9.17) is 4.74 Å². The van der Waals surface area contributed by atoms with Gasteiger partial charge in [0, 0.05) is 27.3 Å². The molecule has 76 valence electrons. The van der Waals surface area contributed by atoms with Crippen molar-refractivity contribution in [3.8, 4) is 0 Å². The maximum atomic E-state index is 11.3. The highest BCUT2D eigenvalue weighted by molar-refractivity contribution is 5.87. The van der Waals surface area contributed by atoms with Gasteiger partial charge in [-0.25, -0.2) is 10.2 Å². The smallest absolute Gasteiger partial charge is 0.356 e. The van der Waals surface area contributed by atoms with Crippen molar-refractivity contribution in [3.05, 3.63) is 11.9 Å². The summed E-state index contributed by atoms with van der Waals surface area (Å²) in [6.45, 7) is 2.15. The molecule has 5 nitrogen and oxygen atoms in total. The SMILES string of the molecule is CCOC(=O)/C(=C/NNC)N(C)C. The number of carbonyl (C=O) groups is 1. The quantitative estimate of drug-likeness (QED) is 0.351. The molecule has 0 aromatic heterocycles. The van der Waals surface area contributed by atoms with Gasteiger partial charge in [-0.1, -0.05) is 0 Å². The standard InChI is InChI=1S/C8H17N3O2/c1-5-13-8(12)7(11(3)4)6-10-9-2/h6,9-10H,5H2,1-4H3/b7-6-. The molecule has 0 saturated heterocycles. The van der Waals surface area contributed by atoms with E-state index in [1.807, 2.05) is 0 Å². The molecule has 0 amide bonds. The molecule has 0 rings (SSSR count). The zero-order valence-electron chi connectivity index (χ0n) is 8.55. The Bertz CT molecular complexity index is 190. The first-order valence-electron chi connectivity index (χ1n) is 4.10. The molecule has 0 spiro atoms. The molecule has 0 heterocycles. The Hall–Kier alpha value is -1.23. The molecule has 0 fully saturated rings. The number of nitrogens with zero attached hydrogens (tertiary/aromatic N) is 1. The van der Waals surface area contributed by atoms with Crippen LogP contribution in [0.3, 0.4) is 0 Å². The monoisotopic (exact) mass is 187 g/mol. The van der Waals surface area contributed by atoms with Crippen LogP contribution < -0.4 is 10.9 Å². The molecule has 0 atom stereocenters. The summed E-state index contributed by atoms with van der Waals surface area (Å²) in [5.41, 5.74) is 5.87. The van der Waals surface area contributed by atoms with Crippen LogP contribution in [0.1, 0.15) is 6.92 Å². The first-order chi connectivity index (χ1) is 6.13. The van der Waals surface area contributed by atoms with Crippen molar-refractivity contribution in [1.82, 2.24) is 15.8 Å². The minimum atomic E-state index is -0.338. The van der Waals surface area contributed by atoms with E-state index < -0.39 is 0 Å². The Balaban J connectivity index is 4.32. The predicted molar refractivity (Wildman–Crippen MR) is 50.6 cm³/mol.